The number of nitrogens with zero attached hydrogens (tertiary/aromatic N) is 4. The average molecular weight is 248 g/mol. The number of pyridine rings is 1. The van der Waals surface area contributed by atoms with Crippen molar-refractivity contribution in [1.82, 2.24) is 9.88 Å². The summed E-state index contributed by atoms with van der Waals surface area (Å²) in [5.74, 6) is 0.493. The molecule has 1 aromatic heterocycles. The molecule has 0 unspecified atom stereocenters. The van der Waals surface area contributed by atoms with Gasteiger partial charge in [-0.05, 0) is 19.1 Å². The fraction of sp³-hybridized carbons (Fsp3) is 0.273. The standard InChI is InChI=1S/C11H12N4OS/c1-8(9-5-3-4-6-12-9)13-14-11-15(2)10(16)7-17-11/h3-6H,7H2,1-2H3/b13-8+,14-11-. The predicted octanol–water partition coefficient (Wildman–Crippen LogP) is 1.37. The van der Waals surface area contributed by atoms with Crippen LogP contribution >= 0.6 is 11.8 Å². The zero-order chi connectivity index (χ0) is 12.3. The Balaban J connectivity index is 2.16. The zero-order valence-electron chi connectivity index (χ0n) is 9.62. The van der Waals surface area contributed by atoms with E-state index in [0.29, 0.717) is 10.9 Å². The molecule has 6 heteroatoms. The van der Waals surface area contributed by atoms with E-state index in [9.17, 15) is 4.79 Å². The summed E-state index contributed by atoms with van der Waals surface area (Å²) in [6, 6.07) is 5.62. The van der Waals surface area contributed by atoms with Gasteiger partial charge in [0.1, 0.15) is 0 Å². The molecule has 1 saturated heterocycles. The Hall–Kier alpha value is -1.69. The monoisotopic (exact) mass is 248 g/mol. The van der Waals surface area contributed by atoms with E-state index >= 15 is 0 Å². The lowest BCUT2D eigenvalue weighted by Gasteiger charge is -2.05. The normalized spacial score (nSPS) is 19.2. The van der Waals surface area contributed by atoms with E-state index in [0.717, 1.165) is 11.4 Å². The third-order valence-electron chi connectivity index (χ3n) is 2.31. The predicted molar refractivity (Wildman–Crippen MR) is 69.1 cm³/mol. The van der Waals surface area contributed by atoms with Crippen LogP contribution in [0.3, 0.4) is 0 Å². The molecule has 2 rings (SSSR count). The lowest BCUT2D eigenvalue weighted by atomic mass is 10.3. The minimum atomic E-state index is 0.0550. The molecule has 1 aliphatic heterocycles. The number of amides is 1. The average Bonchev–Trinajstić information content (AvgIpc) is 2.68. The van der Waals surface area contributed by atoms with Crippen LogP contribution in [0, 0.1) is 0 Å². The summed E-state index contributed by atoms with van der Waals surface area (Å²) in [5, 5.41) is 8.78. The maximum atomic E-state index is 11.3. The highest BCUT2D eigenvalue weighted by Gasteiger charge is 2.24. The van der Waals surface area contributed by atoms with Crippen LogP contribution in [0.25, 0.3) is 0 Å². The van der Waals surface area contributed by atoms with Crippen molar-refractivity contribution in [2.24, 2.45) is 10.2 Å². The lowest BCUT2D eigenvalue weighted by molar-refractivity contribution is -0.123. The summed E-state index contributed by atoms with van der Waals surface area (Å²) in [6.45, 7) is 1.84. The summed E-state index contributed by atoms with van der Waals surface area (Å²) < 4.78 is 0. The molecule has 17 heavy (non-hydrogen) atoms. The van der Waals surface area contributed by atoms with E-state index in [2.05, 4.69) is 15.2 Å². The highest BCUT2D eigenvalue weighted by atomic mass is 32.2. The molecular formula is C11H12N4OS. The van der Waals surface area contributed by atoms with Gasteiger partial charge in [0.2, 0.25) is 5.91 Å². The van der Waals surface area contributed by atoms with E-state index < -0.39 is 0 Å². The molecule has 0 bridgehead atoms. The van der Waals surface area contributed by atoms with Crippen molar-refractivity contribution in [3.05, 3.63) is 30.1 Å². The summed E-state index contributed by atoms with van der Waals surface area (Å²) in [5.41, 5.74) is 1.51. The van der Waals surface area contributed by atoms with Gasteiger partial charge in [-0.15, -0.1) is 5.10 Å². The smallest absolute Gasteiger partial charge is 0.238 e. The Kier molecular flexibility index (Phi) is 3.53. The van der Waals surface area contributed by atoms with Gasteiger partial charge in [-0.25, -0.2) is 0 Å². The first-order valence-electron chi connectivity index (χ1n) is 5.11. The number of carbonyl (C=O) groups excluding carboxylic acids is 1. The maximum absolute atomic E-state index is 11.3. The number of hydrogen-bond acceptors (Lipinski definition) is 5. The number of rotatable bonds is 2. The Bertz CT molecular complexity index is 484. The Morgan fingerprint density at radius 2 is 2.35 bits per heavy atom. The largest absolute Gasteiger partial charge is 0.292 e. The van der Waals surface area contributed by atoms with Crippen molar-refractivity contribution >= 4 is 28.5 Å². The van der Waals surface area contributed by atoms with Crippen molar-refractivity contribution in [2.45, 2.75) is 6.92 Å². The highest BCUT2D eigenvalue weighted by Crippen LogP contribution is 2.17. The highest BCUT2D eigenvalue weighted by molar-refractivity contribution is 8.15. The third kappa shape index (κ3) is 2.71. The van der Waals surface area contributed by atoms with Crippen LogP contribution in [-0.4, -0.2) is 39.5 Å². The molecule has 1 amide bonds. The van der Waals surface area contributed by atoms with Gasteiger partial charge in [-0.2, -0.15) is 5.10 Å². The van der Waals surface area contributed by atoms with Crippen molar-refractivity contribution in [3.8, 4) is 0 Å². The van der Waals surface area contributed by atoms with Crippen LogP contribution in [0.1, 0.15) is 12.6 Å². The second kappa shape index (κ2) is 5.09. The second-order valence-corrected chi connectivity index (χ2v) is 4.47. The molecule has 1 aromatic rings. The fourth-order valence-corrected chi connectivity index (χ4v) is 2.11. The number of amidine groups is 1. The number of carbonyl (C=O) groups is 1. The van der Waals surface area contributed by atoms with E-state index in [1.807, 2.05) is 25.1 Å². The molecule has 0 saturated carbocycles. The molecular weight excluding hydrogens is 236 g/mol. The molecule has 0 spiro atoms. The first-order chi connectivity index (χ1) is 8.18. The van der Waals surface area contributed by atoms with Crippen molar-refractivity contribution in [2.75, 3.05) is 12.8 Å². The molecule has 88 valence electrons. The topological polar surface area (TPSA) is 57.9 Å². The quantitative estimate of drug-likeness (QED) is 0.586. The molecule has 1 fully saturated rings. The molecule has 0 aliphatic carbocycles. The van der Waals surface area contributed by atoms with Crippen LogP contribution in [0.15, 0.2) is 34.6 Å². The molecule has 0 N–H and O–H groups in total. The molecule has 1 aliphatic rings. The van der Waals surface area contributed by atoms with Gasteiger partial charge in [0, 0.05) is 13.2 Å². The number of hydrogen-bond donors (Lipinski definition) is 0. The Morgan fingerprint density at radius 1 is 1.53 bits per heavy atom. The molecule has 0 radical (unpaired) electrons. The third-order valence-corrected chi connectivity index (χ3v) is 3.31. The Labute approximate surface area is 104 Å². The lowest BCUT2D eigenvalue weighted by Crippen LogP contribution is -2.24. The fourth-order valence-electron chi connectivity index (χ4n) is 1.27. The van der Waals surface area contributed by atoms with E-state index in [-0.39, 0.29) is 5.91 Å². The second-order valence-electron chi connectivity index (χ2n) is 3.52. The van der Waals surface area contributed by atoms with Gasteiger partial charge in [-0.3, -0.25) is 14.7 Å². The summed E-state index contributed by atoms with van der Waals surface area (Å²) in [4.78, 5) is 16.9. The van der Waals surface area contributed by atoms with Crippen LogP contribution in [-0.2, 0) is 4.79 Å². The van der Waals surface area contributed by atoms with E-state index in [4.69, 9.17) is 0 Å². The SMILES string of the molecule is C/C(=N\N=C1/SCC(=O)N1C)c1ccccn1. The number of thioether (sulfide) groups is 1. The summed E-state index contributed by atoms with van der Waals surface area (Å²) in [7, 11) is 1.70. The first kappa shape index (κ1) is 11.8. The Morgan fingerprint density at radius 3 is 2.94 bits per heavy atom. The molecule has 5 nitrogen and oxygen atoms in total. The van der Waals surface area contributed by atoms with E-state index in [1.165, 1.54) is 16.7 Å². The van der Waals surface area contributed by atoms with Crippen molar-refractivity contribution in [3.63, 3.8) is 0 Å². The van der Waals surface area contributed by atoms with E-state index in [1.54, 1.807) is 13.2 Å². The van der Waals surface area contributed by atoms with Gasteiger partial charge in [0.25, 0.3) is 0 Å². The molecule has 2 heterocycles. The number of aromatic nitrogens is 1. The molecule has 0 aromatic carbocycles. The summed E-state index contributed by atoms with van der Waals surface area (Å²) in [6.07, 6.45) is 1.71. The van der Waals surface area contributed by atoms with Crippen LogP contribution in [0.5, 0.6) is 0 Å². The van der Waals surface area contributed by atoms with Crippen LogP contribution in [0.4, 0.5) is 0 Å². The maximum Gasteiger partial charge on any atom is 0.238 e. The van der Waals surface area contributed by atoms with Crippen molar-refractivity contribution < 1.29 is 4.79 Å². The van der Waals surface area contributed by atoms with Gasteiger partial charge >= 0.3 is 0 Å². The van der Waals surface area contributed by atoms with Crippen LogP contribution < -0.4 is 0 Å². The summed E-state index contributed by atoms with van der Waals surface area (Å²) >= 11 is 1.39. The minimum Gasteiger partial charge on any atom is -0.292 e. The first-order valence-corrected chi connectivity index (χ1v) is 6.10. The van der Waals surface area contributed by atoms with Crippen molar-refractivity contribution in [1.29, 1.82) is 0 Å². The van der Waals surface area contributed by atoms with Crippen LogP contribution in [0.2, 0.25) is 0 Å². The molecule has 0 atom stereocenters. The van der Waals surface area contributed by atoms with Gasteiger partial charge in [0.05, 0.1) is 17.2 Å². The van der Waals surface area contributed by atoms with Gasteiger partial charge in [0.15, 0.2) is 5.17 Å². The van der Waals surface area contributed by atoms with Gasteiger partial charge in [-0.1, -0.05) is 17.8 Å². The zero-order valence-corrected chi connectivity index (χ0v) is 10.4. The minimum absolute atomic E-state index is 0.0550. The van der Waals surface area contributed by atoms with Gasteiger partial charge < -0.3 is 0 Å².